The fourth-order valence-corrected chi connectivity index (χ4v) is 4.01. The monoisotopic (exact) mass is 365 g/mol. The number of nitrogens with zero attached hydrogens (tertiary/aromatic N) is 3. The van der Waals surface area contributed by atoms with Crippen LogP contribution in [0, 0.1) is 6.92 Å². The van der Waals surface area contributed by atoms with Gasteiger partial charge in [0, 0.05) is 30.1 Å². The number of rotatable bonds is 3. The molecule has 4 rings (SSSR count). The number of piperidine rings is 1. The van der Waals surface area contributed by atoms with Gasteiger partial charge in [-0.05, 0) is 38.3 Å². The summed E-state index contributed by atoms with van der Waals surface area (Å²) in [6, 6.07) is 7.29. The van der Waals surface area contributed by atoms with Gasteiger partial charge in [0.25, 0.3) is 5.56 Å². The third-order valence-electron chi connectivity index (χ3n) is 5.59. The number of hydrogen-bond donors (Lipinski definition) is 2. The van der Waals surface area contributed by atoms with Crippen LogP contribution in [0.3, 0.4) is 0 Å². The summed E-state index contributed by atoms with van der Waals surface area (Å²) in [5.41, 5.74) is 2.76. The number of aromatic amines is 2. The minimum atomic E-state index is -0.405. The summed E-state index contributed by atoms with van der Waals surface area (Å²) in [7, 11) is 0. The second-order valence-electron chi connectivity index (χ2n) is 7.27. The van der Waals surface area contributed by atoms with Crippen molar-refractivity contribution >= 4 is 16.7 Å². The first-order chi connectivity index (χ1) is 13.1. The Morgan fingerprint density at radius 2 is 1.89 bits per heavy atom. The van der Waals surface area contributed by atoms with Gasteiger partial charge in [-0.1, -0.05) is 18.2 Å². The van der Waals surface area contributed by atoms with E-state index in [1.165, 1.54) is 11.3 Å². The van der Waals surface area contributed by atoms with Gasteiger partial charge in [0.05, 0.1) is 23.2 Å². The van der Waals surface area contributed by atoms with Gasteiger partial charge in [-0.3, -0.25) is 14.7 Å². The highest BCUT2D eigenvalue weighted by Crippen LogP contribution is 2.30. The Labute approximate surface area is 156 Å². The number of hydrogen-bond acceptors (Lipinski definition) is 4. The number of aryl methyl sites for hydroxylation is 1. The number of amides is 1. The predicted octanol–water partition coefficient (Wildman–Crippen LogP) is 2.46. The van der Waals surface area contributed by atoms with Crippen molar-refractivity contribution in [2.75, 3.05) is 13.1 Å². The Morgan fingerprint density at radius 3 is 2.56 bits per heavy atom. The fourth-order valence-electron chi connectivity index (χ4n) is 4.01. The molecule has 0 saturated carbocycles. The van der Waals surface area contributed by atoms with E-state index in [0.29, 0.717) is 30.1 Å². The molecule has 140 valence electrons. The second kappa shape index (κ2) is 6.98. The Morgan fingerprint density at radius 1 is 1.19 bits per heavy atom. The van der Waals surface area contributed by atoms with E-state index < -0.39 is 5.92 Å². The summed E-state index contributed by atoms with van der Waals surface area (Å²) in [6.45, 7) is 5.35. The van der Waals surface area contributed by atoms with E-state index in [0.717, 1.165) is 18.2 Å². The molecule has 1 aliphatic heterocycles. The molecule has 1 aliphatic rings. The number of H-pyrrole nitrogens is 2. The van der Waals surface area contributed by atoms with Crippen LogP contribution in [0.2, 0.25) is 0 Å². The van der Waals surface area contributed by atoms with Crippen LogP contribution in [-0.4, -0.2) is 44.3 Å². The topological polar surface area (TPSA) is 94.7 Å². The van der Waals surface area contributed by atoms with Gasteiger partial charge in [-0.15, -0.1) is 0 Å². The summed E-state index contributed by atoms with van der Waals surface area (Å²) >= 11 is 0. The van der Waals surface area contributed by atoms with Crippen LogP contribution >= 0.6 is 0 Å². The largest absolute Gasteiger partial charge is 0.342 e. The van der Waals surface area contributed by atoms with Crippen LogP contribution < -0.4 is 5.56 Å². The molecule has 0 spiro atoms. The average molecular weight is 365 g/mol. The molecular formula is C20H23N5O2. The van der Waals surface area contributed by atoms with E-state index in [4.69, 9.17) is 0 Å². The maximum atomic E-state index is 13.1. The minimum Gasteiger partial charge on any atom is -0.342 e. The van der Waals surface area contributed by atoms with E-state index in [-0.39, 0.29) is 11.5 Å². The standard InChI is InChI=1S/C20H23N5O2/c1-12-11-21-22-17(12)14-7-9-25(10-8-14)20(27)13(2)18-15-5-3-4-6-16(15)19(26)24-23-18/h3-6,11,13-14H,7-10H2,1-2H3,(H,21,22)(H,24,26)/t13-/m1/s1. The lowest BCUT2D eigenvalue weighted by Crippen LogP contribution is -2.40. The Bertz CT molecular complexity index is 1030. The number of carbonyl (C=O) groups is 1. The molecule has 2 N–H and O–H groups in total. The molecule has 0 aliphatic carbocycles. The molecule has 3 heterocycles. The van der Waals surface area contributed by atoms with Crippen molar-refractivity contribution < 1.29 is 4.79 Å². The summed E-state index contributed by atoms with van der Waals surface area (Å²) in [6.07, 6.45) is 3.68. The quantitative estimate of drug-likeness (QED) is 0.745. The molecule has 1 amide bonds. The lowest BCUT2D eigenvalue weighted by atomic mass is 9.90. The van der Waals surface area contributed by atoms with Crippen LogP contribution in [0.4, 0.5) is 0 Å². The first-order valence-electron chi connectivity index (χ1n) is 9.32. The molecular weight excluding hydrogens is 342 g/mol. The Hall–Kier alpha value is -2.96. The highest BCUT2D eigenvalue weighted by atomic mass is 16.2. The fraction of sp³-hybridized carbons (Fsp3) is 0.400. The van der Waals surface area contributed by atoms with Gasteiger partial charge in [-0.25, -0.2) is 5.10 Å². The normalized spacial score (nSPS) is 16.6. The molecule has 0 bridgehead atoms. The van der Waals surface area contributed by atoms with Crippen LogP contribution in [0.5, 0.6) is 0 Å². The summed E-state index contributed by atoms with van der Waals surface area (Å²) in [4.78, 5) is 27.0. The number of benzene rings is 1. The second-order valence-corrected chi connectivity index (χ2v) is 7.27. The van der Waals surface area contributed by atoms with Crippen molar-refractivity contribution in [3.63, 3.8) is 0 Å². The Kier molecular flexibility index (Phi) is 4.51. The predicted molar refractivity (Wildman–Crippen MR) is 103 cm³/mol. The zero-order valence-electron chi connectivity index (χ0n) is 15.5. The maximum absolute atomic E-state index is 13.1. The molecule has 1 fully saturated rings. The van der Waals surface area contributed by atoms with Crippen molar-refractivity contribution in [1.29, 1.82) is 0 Å². The molecule has 7 heteroatoms. The minimum absolute atomic E-state index is 0.0551. The highest BCUT2D eigenvalue weighted by Gasteiger charge is 2.30. The van der Waals surface area contributed by atoms with Crippen LogP contribution in [0.1, 0.15) is 48.6 Å². The van der Waals surface area contributed by atoms with Crippen LogP contribution in [0.15, 0.2) is 35.3 Å². The lowest BCUT2D eigenvalue weighted by Gasteiger charge is -2.33. The molecule has 0 radical (unpaired) electrons. The third kappa shape index (κ3) is 3.13. The molecule has 27 heavy (non-hydrogen) atoms. The zero-order valence-corrected chi connectivity index (χ0v) is 15.5. The lowest BCUT2D eigenvalue weighted by molar-refractivity contribution is -0.133. The number of fused-ring (bicyclic) bond motifs is 1. The van der Waals surface area contributed by atoms with Crippen molar-refractivity contribution in [2.45, 2.75) is 38.5 Å². The van der Waals surface area contributed by atoms with E-state index in [2.05, 4.69) is 27.3 Å². The smallest absolute Gasteiger partial charge is 0.272 e. The summed E-state index contributed by atoms with van der Waals surface area (Å²) < 4.78 is 0. The van der Waals surface area contributed by atoms with E-state index in [1.807, 2.05) is 36.2 Å². The van der Waals surface area contributed by atoms with E-state index >= 15 is 0 Å². The van der Waals surface area contributed by atoms with Crippen LogP contribution in [-0.2, 0) is 4.79 Å². The van der Waals surface area contributed by atoms with Gasteiger partial charge in [0.15, 0.2) is 0 Å². The SMILES string of the molecule is Cc1cn[nH]c1C1CCN(C(=O)[C@H](C)c2n[nH]c(=O)c3ccccc23)CC1. The Balaban J connectivity index is 1.52. The summed E-state index contributed by atoms with van der Waals surface area (Å²) in [5.74, 6) is 0.0653. The van der Waals surface area contributed by atoms with Gasteiger partial charge >= 0.3 is 0 Å². The van der Waals surface area contributed by atoms with E-state index in [9.17, 15) is 9.59 Å². The first kappa shape index (κ1) is 17.5. The van der Waals surface area contributed by atoms with Crippen molar-refractivity contribution in [1.82, 2.24) is 25.3 Å². The van der Waals surface area contributed by atoms with Crippen molar-refractivity contribution in [2.24, 2.45) is 0 Å². The van der Waals surface area contributed by atoms with Gasteiger partial charge in [0.2, 0.25) is 5.91 Å². The number of carbonyl (C=O) groups excluding carboxylic acids is 1. The summed E-state index contributed by atoms with van der Waals surface area (Å²) in [5, 5.41) is 15.2. The first-order valence-corrected chi connectivity index (χ1v) is 9.32. The number of likely N-dealkylation sites (tertiary alicyclic amines) is 1. The highest BCUT2D eigenvalue weighted by molar-refractivity contribution is 5.91. The molecule has 0 unspecified atom stereocenters. The molecule has 3 aromatic rings. The molecule has 7 nitrogen and oxygen atoms in total. The average Bonchev–Trinajstić information content (AvgIpc) is 3.13. The molecule has 1 saturated heterocycles. The zero-order chi connectivity index (χ0) is 19.0. The van der Waals surface area contributed by atoms with Crippen LogP contribution in [0.25, 0.3) is 10.8 Å². The molecule has 1 aromatic carbocycles. The third-order valence-corrected chi connectivity index (χ3v) is 5.59. The van der Waals surface area contributed by atoms with Crippen molar-refractivity contribution in [3.05, 3.63) is 57.8 Å². The molecule has 1 atom stereocenters. The van der Waals surface area contributed by atoms with Gasteiger partial charge < -0.3 is 4.90 Å². The van der Waals surface area contributed by atoms with Gasteiger partial charge in [0.1, 0.15) is 0 Å². The van der Waals surface area contributed by atoms with E-state index in [1.54, 1.807) is 6.07 Å². The molecule has 2 aromatic heterocycles. The maximum Gasteiger partial charge on any atom is 0.272 e. The number of nitrogens with one attached hydrogen (secondary N) is 2. The van der Waals surface area contributed by atoms with Gasteiger partial charge in [-0.2, -0.15) is 10.2 Å². The number of aromatic nitrogens is 4. The van der Waals surface area contributed by atoms with Crippen molar-refractivity contribution in [3.8, 4) is 0 Å².